The summed E-state index contributed by atoms with van der Waals surface area (Å²) in [7, 11) is 0.458. The van der Waals surface area contributed by atoms with Crippen LogP contribution in [0, 0.1) is 0 Å². The monoisotopic (exact) mass is 362 g/mol. The van der Waals surface area contributed by atoms with E-state index >= 15 is 0 Å². The van der Waals surface area contributed by atoms with Gasteiger partial charge in [0.05, 0.1) is 5.30 Å². The third kappa shape index (κ3) is 4.98. The molecule has 1 aromatic carbocycles. The highest BCUT2D eigenvalue weighted by molar-refractivity contribution is 7.35. The van der Waals surface area contributed by atoms with Gasteiger partial charge in [-0.1, -0.05) is 69.9 Å². The third-order valence-electron chi connectivity index (χ3n) is 4.51. The molecule has 1 aromatic heterocycles. The average Bonchev–Trinajstić information content (AvgIpc) is 2.95. The molecule has 2 aromatic rings. The van der Waals surface area contributed by atoms with E-state index in [9.17, 15) is 4.79 Å². The molecule has 1 heterocycles. The van der Waals surface area contributed by atoms with Gasteiger partial charge in [-0.2, -0.15) is 0 Å². The van der Waals surface area contributed by atoms with Gasteiger partial charge >= 0.3 is 0 Å². The molecule has 0 aliphatic rings. The molecule has 0 amide bonds. The van der Waals surface area contributed by atoms with Crippen LogP contribution in [0.3, 0.4) is 0 Å². The van der Waals surface area contributed by atoms with Crippen LogP contribution in [0.2, 0.25) is 0 Å². The molecule has 0 N–H and O–H groups in total. The highest BCUT2D eigenvalue weighted by Crippen LogP contribution is 2.42. The summed E-state index contributed by atoms with van der Waals surface area (Å²) in [6, 6.07) is 10.3. The first-order valence-electron chi connectivity index (χ1n) is 9.18. The molecule has 130 valence electrons. The summed E-state index contributed by atoms with van der Waals surface area (Å²) in [4.78, 5) is 12.1. The maximum Gasteiger partial charge on any atom is 0.256 e. The summed E-state index contributed by atoms with van der Waals surface area (Å²) in [6.45, 7) is 4.46. The zero-order valence-electron chi connectivity index (χ0n) is 14.8. The van der Waals surface area contributed by atoms with Gasteiger partial charge in [-0.3, -0.25) is 4.79 Å². The normalized spacial score (nSPS) is 11.3. The second-order valence-corrected chi connectivity index (χ2v) is 8.08. The second-order valence-electron chi connectivity index (χ2n) is 6.39. The quantitative estimate of drug-likeness (QED) is 0.322. The van der Waals surface area contributed by atoms with Gasteiger partial charge in [0.1, 0.15) is 0 Å². The summed E-state index contributed by atoms with van der Waals surface area (Å²) in [5, 5.41) is 2.04. The zero-order valence-corrected chi connectivity index (χ0v) is 16.6. The van der Waals surface area contributed by atoms with Crippen molar-refractivity contribution in [2.75, 3.05) is 0 Å². The molecule has 0 bridgehead atoms. The van der Waals surface area contributed by atoms with Crippen LogP contribution < -0.4 is 0 Å². The fraction of sp³-hybridized carbons (Fsp3) is 0.476. The van der Waals surface area contributed by atoms with Crippen molar-refractivity contribution in [2.24, 2.45) is 0 Å². The lowest BCUT2D eigenvalue weighted by Crippen LogP contribution is -1.95. The Kier molecular flexibility index (Phi) is 8.09. The minimum absolute atomic E-state index is 0.273. The second kappa shape index (κ2) is 10.1. The first-order chi connectivity index (χ1) is 11.7. The SMILES string of the molecule is CCCCCc1[pH]c(C(=O)Cl)c(-c2ccccc2)c1CCCCC. The molecule has 0 fully saturated rings. The summed E-state index contributed by atoms with van der Waals surface area (Å²) >= 11 is 5.97. The molecule has 0 spiro atoms. The van der Waals surface area contributed by atoms with Crippen molar-refractivity contribution in [1.29, 1.82) is 0 Å². The molecule has 24 heavy (non-hydrogen) atoms. The van der Waals surface area contributed by atoms with Crippen molar-refractivity contribution in [3.8, 4) is 11.1 Å². The van der Waals surface area contributed by atoms with Crippen molar-refractivity contribution in [1.82, 2.24) is 0 Å². The zero-order chi connectivity index (χ0) is 17.4. The summed E-state index contributed by atoms with van der Waals surface area (Å²) < 4.78 is 0. The number of hydrogen-bond acceptors (Lipinski definition) is 1. The topological polar surface area (TPSA) is 17.1 Å². The fourth-order valence-electron chi connectivity index (χ4n) is 3.25. The van der Waals surface area contributed by atoms with Gasteiger partial charge < -0.3 is 0 Å². The van der Waals surface area contributed by atoms with E-state index in [1.807, 2.05) is 18.2 Å². The Bertz CT molecular complexity index is 645. The van der Waals surface area contributed by atoms with E-state index in [-0.39, 0.29) is 5.24 Å². The maximum absolute atomic E-state index is 12.1. The Labute approximate surface area is 152 Å². The Balaban J connectivity index is 2.44. The number of aryl methyl sites for hydroxylation is 1. The number of halogens is 1. The maximum atomic E-state index is 12.1. The largest absolute Gasteiger partial charge is 0.275 e. The predicted molar refractivity (Wildman–Crippen MR) is 108 cm³/mol. The number of carbonyl (C=O) groups is 1. The predicted octanol–water partition coefficient (Wildman–Crippen LogP) is 7.23. The molecule has 0 saturated carbocycles. The first kappa shape index (κ1) is 19.3. The Morgan fingerprint density at radius 1 is 0.958 bits per heavy atom. The lowest BCUT2D eigenvalue weighted by molar-refractivity contribution is 0.108. The number of rotatable bonds is 10. The lowest BCUT2D eigenvalue weighted by atomic mass is 9.95. The summed E-state index contributed by atoms with van der Waals surface area (Å²) in [6.07, 6.45) is 9.50. The molecule has 0 aliphatic heterocycles. The van der Waals surface area contributed by atoms with Gasteiger partial charge in [0.25, 0.3) is 5.24 Å². The molecule has 1 nitrogen and oxygen atoms in total. The first-order valence-corrected chi connectivity index (χ1v) is 10.6. The number of carbonyl (C=O) groups excluding carboxylic acids is 1. The van der Waals surface area contributed by atoms with E-state index in [0.29, 0.717) is 8.19 Å². The van der Waals surface area contributed by atoms with Crippen molar-refractivity contribution in [3.05, 3.63) is 46.5 Å². The molecule has 0 aliphatic carbocycles. The molecule has 1 atom stereocenters. The van der Waals surface area contributed by atoms with E-state index in [1.165, 1.54) is 49.4 Å². The van der Waals surface area contributed by atoms with Gasteiger partial charge in [-0.25, -0.2) is 0 Å². The fourth-order valence-corrected chi connectivity index (χ4v) is 5.01. The lowest BCUT2D eigenvalue weighted by Gasteiger charge is -2.10. The molecule has 2 rings (SSSR count). The van der Waals surface area contributed by atoms with Crippen LogP contribution in [0.1, 0.15) is 73.3 Å². The molecular formula is C21H28ClOP. The van der Waals surface area contributed by atoms with Gasteiger partial charge in [0.2, 0.25) is 0 Å². The van der Waals surface area contributed by atoms with Crippen LogP contribution in [0.5, 0.6) is 0 Å². The Hall–Kier alpha value is -1.04. The highest BCUT2D eigenvalue weighted by atomic mass is 35.5. The van der Waals surface area contributed by atoms with Crippen LogP contribution in [0.4, 0.5) is 0 Å². The van der Waals surface area contributed by atoms with Crippen LogP contribution >= 0.6 is 19.8 Å². The van der Waals surface area contributed by atoms with E-state index in [4.69, 9.17) is 11.6 Å². The summed E-state index contributed by atoms with van der Waals surface area (Å²) in [5.41, 5.74) is 3.69. The van der Waals surface area contributed by atoms with Crippen molar-refractivity contribution >= 4 is 25.0 Å². The van der Waals surface area contributed by atoms with Gasteiger partial charge in [0, 0.05) is 5.56 Å². The average molecular weight is 363 g/mol. The smallest absolute Gasteiger partial charge is 0.256 e. The Morgan fingerprint density at radius 2 is 1.58 bits per heavy atom. The molecule has 1 unspecified atom stereocenters. The van der Waals surface area contributed by atoms with E-state index in [1.54, 1.807) is 0 Å². The van der Waals surface area contributed by atoms with Crippen molar-refractivity contribution < 1.29 is 4.79 Å². The third-order valence-corrected chi connectivity index (χ3v) is 6.44. The number of hydrogen-bond donors (Lipinski definition) is 0. The van der Waals surface area contributed by atoms with Crippen LogP contribution in [0.25, 0.3) is 11.1 Å². The summed E-state index contributed by atoms with van der Waals surface area (Å²) in [5.74, 6) is 0. The van der Waals surface area contributed by atoms with E-state index < -0.39 is 0 Å². The number of benzene rings is 1. The highest BCUT2D eigenvalue weighted by Gasteiger charge is 2.21. The van der Waals surface area contributed by atoms with Crippen molar-refractivity contribution in [2.45, 2.75) is 65.2 Å². The van der Waals surface area contributed by atoms with Gasteiger partial charge in [-0.15, -0.1) is 8.19 Å². The van der Waals surface area contributed by atoms with Crippen LogP contribution in [-0.2, 0) is 12.8 Å². The minimum Gasteiger partial charge on any atom is -0.275 e. The van der Waals surface area contributed by atoms with E-state index in [0.717, 1.165) is 29.3 Å². The molecular weight excluding hydrogens is 335 g/mol. The van der Waals surface area contributed by atoms with Gasteiger partial charge in [0.15, 0.2) is 0 Å². The number of unbranched alkanes of at least 4 members (excludes halogenated alkanes) is 4. The minimum atomic E-state index is -0.273. The Morgan fingerprint density at radius 3 is 2.17 bits per heavy atom. The van der Waals surface area contributed by atoms with Crippen LogP contribution in [0.15, 0.2) is 30.3 Å². The molecule has 3 heteroatoms. The van der Waals surface area contributed by atoms with E-state index in [2.05, 4.69) is 26.0 Å². The van der Waals surface area contributed by atoms with Crippen LogP contribution in [-0.4, -0.2) is 5.24 Å². The van der Waals surface area contributed by atoms with Crippen molar-refractivity contribution in [3.63, 3.8) is 0 Å². The molecule has 0 radical (unpaired) electrons. The standard InChI is InChI=1S/C21H28ClOP/c1-3-5-8-14-17-18(15-9-6-4-2)24-20(21(22)23)19(17)16-12-10-7-11-13-16/h7,10-13,24H,3-6,8-9,14-15H2,1-2H3. The van der Waals surface area contributed by atoms with Gasteiger partial charge in [-0.05, 0) is 53.7 Å². The molecule has 0 saturated heterocycles.